The molecule has 0 radical (unpaired) electrons. The van der Waals surface area contributed by atoms with E-state index in [0.29, 0.717) is 12.5 Å². The van der Waals surface area contributed by atoms with Crippen LogP contribution >= 0.6 is 0 Å². The largest absolute Gasteiger partial charge is 0.371 e. The standard InChI is InChI=1S/C22H28N4O2/c1-16-7-5-6-10-19(16)20(25-22(23)28)13-21(27)24-14-17-11-12-26(15-17)18-8-3-2-4-9-18/h2-10,17,20H,11-15H2,1H3,(H,24,27)(H3,23,25,28)/t17-,20+/m0/s1. The molecule has 1 saturated heterocycles. The van der Waals surface area contributed by atoms with Crippen LogP contribution in [0.25, 0.3) is 0 Å². The molecular weight excluding hydrogens is 352 g/mol. The summed E-state index contributed by atoms with van der Waals surface area (Å²) in [5.74, 6) is 0.338. The van der Waals surface area contributed by atoms with Gasteiger partial charge in [0.05, 0.1) is 12.5 Å². The van der Waals surface area contributed by atoms with E-state index >= 15 is 0 Å². The second kappa shape index (κ2) is 9.26. The molecule has 4 N–H and O–H groups in total. The van der Waals surface area contributed by atoms with Crippen LogP contribution in [0.5, 0.6) is 0 Å². The maximum Gasteiger partial charge on any atom is 0.312 e. The van der Waals surface area contributed by atoms with Gasteiger partial charge in [-0.15, -0.1) is 0 Å². The number of nitrogens with one attached hydrogen (secondary N) is 2. The highest BCUT2D eigenvalue weighted by Gasteiger charge is 2.24. The van der Waals surface area contributed by atoms with Crippen molar-refractivity contribution in [2.24, 2.45) is 11.7 Å². The van der Waals surface area contributed by atoms with Gasteiger partial charge in [0.25, 0.3) is 0 Å². The van der Waals surface area contributed by atoms with Gasteiger partial charge in [-0.05, 0) is 42.5 Å². The number of para-hydroxylation sites is 1. The molecule has 1 aliphatic rings. The van der Waals surface area contributed by atoms with Crippen LogP contribution in [0.2, 0.25) is 0 Å². The zero-order valence-electron chi connectivity index (χ0n) is 16.2. The maximum atomic E-state index is 12.5. The lowest BCUT2D eigenvalue weighted by molar-refractivity contribution is -0.121. The molecule has 1 heterocycles. The quantitative estimate of drug-likeness (QED) is 0.690. The Morgan fingerprint density at radius 2 is 1.86 bits per heavy atom. The summed E-state index contributed by atoms with van der Waals surface area (Å²) in [6, 6.07) is 17.0. The summed E-state index contributed by atoms with van der Waals surface area (Å²) in [4.78, 5) is 26.2. The highest BCUT2D eigenvalue weighted by Crippen LogP contribution is 2.23. The SMILES string of the molecule is Cc1ccccc1[C@@H](CC(=O)NC[C@@H]1CCN(c2ccccc2)C1)NC(N)=O. The minimum atomic E-state index is -0.629. The normalized spacial score (nSPS) is 17.2. The van der Waals surface area contributed by atoms with Crippen molar-refractivity contribution in [1.29, 1.82) is 0 Å². The summed E-state index contributed by atoms with van der Waals surface area (Å²) in [6.45, 7) is 4.53. The second-order valence-electron chi connectivity index (χ2n) is 7.36. The van der Waals surface area contributed by atoms with Gasteiger partial charge >= 0.3 is 6.03 Å². The molecule has 0 aliphatic carbocycles. The van der Waals surface area contributed by atoms with Crippen LogP contribution in [0.3, 0.4) is 0 Å². The molecule has 2 aromatic rings. The number of hydrogen-bond donors (Lipinski definition) is 3. The molecule has 3 rings (SSSR count). The molecule has 0 saturated carbocycles. The van der Waals surface area contributed by atoms with Crippen molar-refractivity contribution in [3.63, 3.8) is 0 Å². The third kappa shape index (κ3) is 5.25. The summed E-state index contributed by atoms with van der Waals surface area (Å²) in [5, 5.41) is 5.73. The minimum absolute atomic E-state index is 0.0832. The Morgan fingerprint density at radius 1 is 1.14 bits per heavy atom. The smallest absolute Gasteiger partial charge is 0.312 e. The molecule has 28 heavy (non-hydrogen) atoms. The monoisotopic (exact) mass is 380 g/mol. The van der Waals surface area contributed by atoms with E-state index in [2.05, 4.69) is 27.7 Å². The first-order valence-electron chi connectivity index (χ1n) is 9.71. The van der Waals surface area contributed by atoms with Gasteiger partial charge in [0.15, 0.2) is 0 Å². The molecule has 6 nitrogen and oxygen atoms in total. The predicted octanol–water partition coefficient (Wildman–Crippen LogP) is 2.74. The Hall–Kier alpha value is -3.02. The summed E-state index contributed by atoms with van der Waals surface area (Å²) >= 11 is 0. The van der Waals surface area contributed by atoms with Gasteiger partial charge in [-0.3, -0.25) is 4.79 Å². The van der Waals surface area contributed by atoms with Gasteiger partial charge in [0.2, 0.25) is 5.91 Å². The number of amides is 3. The predicted molar refractivity (Wildman–Crippen MR) is 111 cm³/mol. The van der Waals surface area contributed by atoms with Crippen LogP contribution in [0.4, 0.5) is 10.5 Å². The molecule has 148 valence electrons. The van der Waals surface area contributed by atoms with E-state index in [-0.39, 0.29) is 12.3 Å². The number of rotatable bonds is 7. The highest BCUT2D eigenvalue weighted by atomic mass is 16.2. The number of carbonyl (C=O) groups excluding carboxylic acids is 2. The molecule has 6 heteroatoms. The number of primary amides is 1. The number of carbonyl (C=O) groups is 2. The molecule has 0 unspecified atom stereocenters. The molecule has 1 aliphatic heterocycles. The molecular formula is C22H28N4O2. The van der Waals surface area contributed by atoms with Gasteiger partial charge in [0, 0.05) is 25.3 Å². The van der Waals surface area contributed by atoms with E-state index in [9.17, 15) is 9.59 Å². The highest BCUT2D eigenvalue weighted by molar-refractivity contribution is 5.79. The first kappa shape index (κ1) is 19.7. The number of urea groups is 1. The summed E-state index contributed by atoms with van der Waals surface area (Å²) < 4.78 is 0. The number of anilines is 1. The van der Waals surface area contributed by atoms with Crippen LogP contribution in [0.15, 0.2) is 54.6 Å². The Morgan fingerprint density at radius 3 is 2.57 bits per heavy atom. The summed E-state index contributed by atoms with van der Waals surface area (Å²) in [5.41, 5.74) is 8.46. The summed E-state index contributed by atoms with van der Waals surface area (Å²) in [7, 11) is 0. The number of nitrogens with two attached hydrogens (primary N) is 1. The van der Waals surface area contributed by atoms with Crippen LogP contribution < -0.4 is 21.3 Å². The average molecular weight is 380 g/mol. The van der Waals surface area contributed by atoms with E-state index in [4.69, 9.17) is 5.73 Å². The van der Waals surface area contributed by atoms with Crippen molar-refractivity contribution in [2.75, 3.05) is 24.5 Å². The van der Waals surface area contributed by atoms with E-state index < -0.39 is 12.1 Å². The Balaban J connectivity index is 1.52. The van der Waals surface area contributed by atoms with Gasteiger partial charge in [-0.25, -0.2) is 4.79 Å². The minimum Gasteiger partial charge on any atom is -0.371 e. The Bertz CT molecular complexity index is 809. The second-order valence-corrected chi connectivity index (χ2v) is 7.36. The summed E-state index contributed by atoms with van der Waals surface area (Å²) in [6.07, 6.45) is 1.22. The fraction of sp³-hybridized carbons (Fsp3) is 0.364. The van der Waals surface area contributed by atoms with Gasteiger partial charge in [0.1, 0.15) is 0 Å². The van der Waals surface area contributed by atoms with E-state index in [0.717, 1.165) is 30.6 Å². The van der Waals surface area contributed by atoms with Crippen LogP contribution in [0, 0.1) is 12.8 Å². The number of hydrogen-bond acceptors (Lipinski definition) is 3. The van der Waals surface area contributed by atoms with Crippen molar-refractivity contribution >= 4 is 17.6 Å². The van der Waals surface area contributed by atoms with E-state index in [1.54, 1.807) is 0 Å². The zero-order valence-corrected chi connectivity index (χ0v) is 16.2. The number of benzene rings is 2. The lowest BCUT2D eigenvalue weighted by atomic mass is 9.98. The fourth-order valence-electron chi connectivity index (χ4n) is 3.78. The first-order chi connectivity index (χ1) is 13.5. The fourth-order valence-corrected chi connectivity index (χ4v) is 3.78. The number of aryl methyl sites for hydroxylation is 1. The molecule has 0 spiro atoms. The lowest BCUT2D eigenvalue weighted by Crippen LogP contribution is -2.38. The van der Waals surface area contributed by atoms with Crippen molar-refractivity contribution in [2.45, 2.75) is 25.8 Å². The molecule has 2 aromatic carbocycles. The van der Waals surface area contributed by atoms with E-state index in [1.165, 1.54) is 5.69 Å². The van der Waals surface area contributed by atoms with Crippen molar-refractivity contribution < 1.29 is 9.59 Å². The van der Waals surface area contributed by atoms with Crippen molar-refractivity contribution in [3.8, 4) is 0 Å². The van der Waals surface area contributed by atoms with Crippen LogP contribution in [-0.2, 0) is 4.79 Å². The topological polar surface area (TPSA) is 87.5 Å². The van der Waals surface area contributed by atoms with Crippen LogP contribution in [0.1, 0.15) is 30.0 Å². The van der Waals surface area contributed by atoms with Gasteiger partial charge < -0.3 is 21.3 Å². The van der Waals surface area contributed by atoms with Crippen molar-refractivity contribution in [3.05, 3.63) is 65.7 Å². The Labute approximate surface area is 166 Å². The third-order valence-electron chi connectivity index (χ3n) is 5.26. The van der Waals surface area contributed by atoms with Gasteiger partial charge in [-0.1, -0.05) is 42.5 Å². The molecule has 0 bridgehead atoms. The van der Waals surface area contributed by atoms with E-state index in [1.807, 2.05) is 49.4 Å². The molecule has 2 atom stereocenters. The average Bonchev–Trinajstić information content (AvgIpc) is 3.16. The molecule has 1 fully saturated rings. The molecule has 0 aromatic heterocycles. The zero-order chi connectivity index (χ0) is 19.9. The third-order valence-corrected chi connectivity index (χ3v) is 5.26. The molecule has 3 amide bonds. The number of nitrogens with zero attached hydrogens (tertiary/aromatic N) is 1. The maximum absolute atomic E-state index is 12.5. The van der Waals surface area contributed by atoms with Crippen molar-refractivity contribution in [1.82, 2.24) is 10.6 Å². The lowest BCUT2D eigenvalue weighted by Gasteiger charge is -2.21. The first-order valence-corrected chi connectivity index (χ1v) is 9.71. The Kier molecular flexibility index (Phi) is 6.53. The van der Waals surface area contributed by atoms with Gasteiger partial charge in [-0.2, -0.15) is 0 Å². The van der Waals surface area contributed by atoms with Crippen LogP contribution in [-0.4, -0.2) is 31.6 Å².